The van der Waals surface area contributed by atoms with Crippen LogP contribution in [-0.2, 0) is 4.74 Å². The quantitative estimate of drug-likeness (QED) is 0.534. The Kier molecular flexibility index (Phi) is 1.54. The predicted octanol–water partition coefficient (Wildman–Crippen LogP) is 0.545. The zero-order chi connectivity index (χ0) is 6.15. The number of ether oxygens (including phenoxy) is 1. The Bertz CT molecular complexity index is 80.6. The molecular formula is C6H12O2. The molecule has 0 aromatic rings. The molecule has 0 radical (unpaired) electrons. The largest absolute Gasteiger partial charge is 0.391 e. The molecule has 8 heavy (non-hydrogen) atoms. The standard InChI is InChI=1S/C6H12O2/c1-3-5-6(8-5)4(2)7/h4-7H,3H2,1-2H3. The van der Waals surface area contributed by atoms with E-state index in [0.717, 1.165) is 6.42 Å². The lowest BCUT2D eigenvalue weighted by molar-refractivity contribution is 0.152. The normalized spacial score (nSPS) is 39.4. The molecule has 0 spiro atoms. The Morgan fingerprint density at radius 1 is 1.75 bits per heavy atom. The van der Waals surface area contributed by atoms with Crippen molar-refractivity contribution in [3.63, 3.8) is 0 Å². The van der Waals surface area contributed by atoms with E-state index in [4.69, 9.17) is 9.84 Å². The van der Waals surface area contributed by atoms with Gasteiger partial charge >= 0.3 is 0 Å². The van der Waals surface area contributed by atoms with Crippen LogP contribution in [0.25, 0.3) is 0 Å². The van der Waals surface area contributed by atoms with E-state index in [1.165, 1.54) is 0 Å². The van der Waals surface area contributed by atoms with Gasteiger partial charge in [0.05, 0.1) is 12.2 Å². The molecule has 1 aliphatic rings. The highest BCUT2D eigenvalue weighted by Gasteiger charge is 2.40. The van der Waals surface area contributed by atoms with E-state index in [-0.39, 0.29) is 12.2 Å². The van der Waals surface area contributed by atoms with Crippen molar-refractivity contribution in [2.45, 2.75) is 38.6 Å². The molecule has 1 heterocycles. The van der Waals surface area contributed by atoms with Crippen molar-refractivity contribution in [2.75, 3.05) is 0 Å². The van der Waals surface area contributed by atoms with Crippen LogP contribution in [0.3, 0.4) is 0 Å². The minimum absolute atomic E-state index is 0.139. The third-order valence-corrected chi connectivity index (χ3v) is 1.50. The van der Waals surface area contributed by atoms with E-state index in [1.54, 1.807) is 6.92 Å². The van der Waals surface area contributed by atoms with E-state index in [0.29, 0.717) is 6.10 Å². The highest BCUT2D eigenvalue weighted by molar-refractivity contribution is 4.87. The van der Waals surface area contributed by atoms with Gasteiger partial charge in [-0.25, -0.2) is 0 Å². The average molecular weight is 116 g/mol. The van der Waals surface area contributed by atoms with Crippen LogP contribution in [0, 0.1) is 0 Å². The van der Waals surface area contributed by atoms with Crippen molar-refractivity contribution in [2.24, 2.45) is 0 Å². The Balaban J connectivity index is 2.16. The first-order chi connectivity index (χ1) is 3.75. The number of aliphatic hydroxyl groups excluding tert-OH is 1. The van der Waals surface area contributed by atoms with Crippen LogP contribution in [0.1, 0.15) is 20.3 Å². The van der Waals surface area contributed by atoms with Crippen LogP contribution >= 0.6 is 0 Å². The summed E-state index contributed by atoms with van der Waals surface area (Å²) in [6, 6.07) is 0. The number of rotatable bonds is 2. The molecule has 1 fully saturated rings. The van der Waals surface area contributed by atoms with Crippen LogP contribution in [0.15, 0.2) is 0 Å². The monoisotopic (exact) mass is 116 g/mol. The number of hydrogen-bond acceptors (Lipinski definition) is 2. The van der Waals surface area contributed by atoms with Gasteiger partial charge in [0, 0.05) is 0 Å². The molecule has 3 atom stereocenters. The third kappa shape index (κ3) is 1.01. The lowest BCUT2D eigenvalue weighted by Crippen LogP contribution is -2.10. The molecule has 1 rings (SSSR count). The molecule has 1 N–H and O–H groups in total. The summed E-state index contributed by atoms with van der Waals surface area (Å²) in [7, 11) is 0. The molecule has 2 nitrogen and oxygen atoms in total. The lowest BCUT2D eigenvalue weighted by atomic mass is 10.2. The molecule has 3 unspecified atom stereocenters. The molecule has 0 saturated carbocycles. The molecule has 1 aliphatic heterocycles. The second-order valence-corrected chi connectivity index (χ2v) is 2.29. The second kappa shape index (κ2) is 2.03. The first kappa shape index (κ1) is 6.05. The van der Waals surface area contributed by atoms with Crippen LogP contribution in [0.2, 0.25) is 0 Å². The summed E-state index contributed by atoms with van der Waals surface area (Å²) in [5.74, 6) is 0. The van der Waals surface area contributed by atoms with Crippen molar-refractivity contribution in [1.29, 1.82) is 0 Å². The summed E-state index contributed by atoms with van der Waals surface area (Å²) in [5.41, 5.74) is 0. The van der Waals surface area contributed by atoms with Crippen LogP contribution in [0.4, 0.5) is 0 Å². The topological polar surface area (TPSA) is 32.8 Å². The van der Waals surface area contributed by atoms with Crippen LogP contribution in [-0.4, -0.2) is 23.4 Å². The first-order valence-electron chi connectivity index (χ1n) is 3.09. The maximum atomic E-state index is 8.87. The number of hydrogen-bond donors (Lipinski definition) is 1. The predicted molar refractivity (Wildman–Crippen MR) is 30.6 cm³/mol. The van der Waals surface area contributed by atoms with Gasteiger partial charge in [-0.1, -0.05) is 6.92 Å². The van der Waals surface area contributed by atoms with Crippen molar-refractivity contribution in [3.05, 3.63) is 0 Å². The summed E-state index contributed by atoms with van der Waals surface area (Å²) in [5, 5.41) is 8.87. The minimum atomic E-state index is -0.278. The molecule has 0 aliphatic carbocycles. The van der Waals surface area contributed by atoms with Crippen LogP contribution < -0.4 is 0 Å². The molecule has 1 saturated heterocycles. The highest BCUT2D eigenvalue weighted by atomic mass is 16.6. The Morgan fingerprint density at radius 2 is 2.38 bits per heavy atom. The van der Waals surface area contributed by atoms with E-state index in [1.807, 2.05) is 0 Å². The summed E-state index contributed by atoms with van der Waals surface area (Å²) >= 11 is 0. The zero-order valence-corrected chi connectivity index (χ0v) is 5.29. The van der Waals surface area contributed by atoms with Gasteiger partial charge in [0.15, 0.2) is 0 Å². The molecule has 0 amide bonds. The van der Waals surface area contributed by atoms with E-state index in [9.17, 15) is 0 Å². The van der Waals surface area contributed by atoms with Crippen molar-refractivity contribution < 1.29 is 9.84 Å². The van der Waals surface area contributed by atoms with Gasteiger partial charge in [0.25, 0.3) is 0 Å². The van der Waals surface area contributed by atoms with E-state index < -0.39 is 0 Å². The maximum Gasteiger partial charge on any atom is 0.110 e. The third-order valence-electron chi connectivity index (χ3n) is 1.50. The minimum Gasteiger partial charge on any atom is -0.391 e. The molecular weight excluding hydrogens is 104 g/mol. The molecule has 2 heteroatoms. The maximum absolute atomic E-state index is 8.87. The van der Waals surface area contributed by atoms with Gasteiger partial charge < -0.3 is 9.84 Å². The molecule has 0 aromatic carbocycles. The number of aliphatic hydroxyl groups is 1. The fourth-order valence-corrected chi connectivity index (χ4v) is 0.909. The summed E-state index contributed by atoms with van der Waals surface area (Å²) in [6.07, 6.45) is 1.23. The van der Waals surface area contributed by atoms with Crippen LogP contribution in [0.5, 0.6) is 0 Å². The van der Waals surface area contributed by atoms with E-state index >= 15 is 0 Å². The SMILES string of the molecule is CCC1OC1C(C)O. The fraction of sp³-hybridized carbons (Fsp3) is 1.00. The smallest absolute Gasteiger partial charge is 0.110 e. The Hall–Kier alpha value is -0.0800. The zero-order valence-electron chi connectivity index (χ0n) is 5.29. The number of epoxide rings is 1. The van der Waals surface area contributed by atoms with Gasteiger partial charge in [-0.2, -0.15) is 0 Å². The summed E-state index contributed by atoms with van der Waals surface area (Å²) < 4.78 is 5.08. The van der Waals surface area contributed by atoms with E-state index in [2.05, 4.69) is 6.92 Å². The Morgan fingerprint density at radius 3 is 2.50 bits per heavy atom. The molecule has 0 aromatic heterocycles. The lowest BCUT2D eigenvalue weighted by Gasteiger charge is -1.93. The van der Waals surface area contributed by atoms with Crippen molar-refractivity contribution >= 4 is 0 Å². The Labute approximate surface area is 49.5 Å². The second-order valence-electron chi connectivity index (χ2n) is 2.29. The van der Waals surface area contributed by atoms with Gasteiger partial charge in [-0.15, -0.1) is 0 Å². The first-order valence-corrected chi connectivity index (χ1v) is 3.09. The van der Waals surface area contributed by atoms with Gasteiger partial charge in [-0.3, -0.25) is 0 Å². The molecule has 48 valence electrons. The van der Waals surface area contributed by atoms with Crippen molar-refractivity contribution in [1.82, 2.24) is 0 Å². The summed E-state index contributed by atoms with van der Waals surface area (Å²) in [6.45, 7) is 3.83. The van der Waals surface area contributed by atoms with Gasteiger partial charge in [-0.05, 0) is 13.3 Å². The highest BCUT2D eigenvalue weighted by Crippen LogP contribution is 2.27. The summed E-state index contributed by atoms with van der Waals surface area (Å²) in [4.78, 5) is 0. The van der Waals surface area contributed by atoms with Gasteiger partial charge in [0.1, 0.15) is 6.10 Å². The van der Waals surface area contributed by atoms with Crippen molar-refractivity contribution in [3.8, 4) is 0 Å². The fourth-order valence-electron chi connectivity index (χ4n) is 0.909. The molecule has 0 bridgehead atoms. The van der Waals surface area contributed by atoms with Gasteiger partial charge in [0.2, 0.25) is 0 Å². The average Bonchev–Trinajstić information content (AvgIpc) is 2.42.